The first-order valence-corrected chi connectivity index (χ1v) is 1.63. The Balaban J connectivity index is 3.23. The van der Waals surface area contributed by atoms with E-state index < -0.39 is 0 Å². The summed E-state index contributed by atoms with van der Waals surface area (Å²) in [5.41, 5.74) is 0.412. The Kier molecular flexibility index (Phi) is 2.13. The van der Waals surface area contributed by atoms with Crippen molar-refractivity contribution < 1.29 is 4.79 Å². The van der Waals surface area contributed by atoms with Crippen molar-refractivity contribution in [2.45, 2.75) is 0 Å². The first-order chi connectivity index (χ1) is 2.81. The van der Waals surface area contributed by atoms with Crippen LogP contribution in [-0.4, -0.2) is 13.3 Å². The molecule has 0 saturated carbocycles. The van der Waals surface area contributed by atoms with Crippen molar-refractivity contribution in [2.75, 3.05) is 7.05 Å². The fourth-order valence-corrected chi connectivity index (χ4v) is 0.0589. The summed E-state index contributed by atoms with van der Waals surface area (Å²) in [5, 5.41) is 2.55. The Labute approximate surface area is 36.9 Å². The zero-order valence-electron chi connectivity index (χ0n) is 3.69. The smallest absolute Gasteiger partial charge is 0.165 e. The van der Waals surface area contributed by atoms with Crippen LogP contribution < -0.4 is 5.32 Å². The van der Waals surface area contributed by atoms with Gasteiger partial charge in [-0.2, -0.15) is 0 Å². The molecule has 2 heteroatoms. The standard InChI is InChI=1S/C4H7NO/c1-4(3-6)5-2/h3,5H,1H2,2H3. The van der Waals surface area contributed by atoms with Crippen LogP contribution in [-0.2, 0) is 4.79 Å². The number of hydrogen-bond donors (Lipinski definition) is 1. The van der Waals surface area contributed by atoms with E-state index in [1.54, 1.807) is 7.05 Å². The van der Waals surface area contributed by atoms with Crippen molar-refractivity contribution in [3.63, 3.8) is 0 Å². The van der Waals surface area contributed by atoms with Crippen molar-refractivity contribution in [3.8, 4) is 0 Å². The molecule has 0 aliphatic heterocycles. The summed E-state index contributed by atoms with van der Waals surface area (Å²) < 4.78 is 0. The summed E-state index contributed by atoms with van der Waals surface area (Å²) in [6, 6.07) is 0. The van der Waals surface area contributed by atoms with Gasteiger partial charge < -0.3 is 5.32 Å². The third kappa shape index (κ3) is 1.52. The highest BCUT2D eigenvalue weighted by atomic mass is 16.1. The van der Waals surface area contributed by atoms with Crippen LogP contribution in [0, 0.1) is 0 Å². The van der Waals surface area contributed by atoms with Gasteiger partial charge in [0, 0.05) is 7.05 Å². The monoisotopic (exact) mass is 85.1 g/mol. The fraction of sp³-hybridized carbons (Fsp3) is 0.250. The maximum Gasteiger partial charge on any atom is 0.165 e. The second-order valence-corrected chi connectivity index (χ2v) is 0.893. The highest BCUT2D eigenvalue weighted by Gasteiger charge is 1.74. The maximum absolute atomic E-state index is 9.57. The number of allylic oxidation sites excluding steroid dienone is 1. The third-order valence-electron chi connectivity index (χ3n) is 0.463. The minimum Gasteiger partial charge on any atom is -0.386 e. The number of nitrogens with one attached hydrogen (secondary N) is 1. The third-order valence-corrected chi connectivity index (χ3v) is 0.463. The molecule has 0 fully saturated rings. The molecule has 0 aromatic carbocycles. The highest BCUT2D eigenvalue weighted by molar-refractivity contribution is 5.70. The first kappa shape index (κ1) is 5.21. The van der Waals surface area contributed by atoms with Gasteiger partial charge in [-0.15, -0.1) is 0 Å². The molecule has 1 N–H and O–H groups in total. The molecular weight excluding hydrogens is 78.0 g/mol. The van der Waals surface area contributed by atoms with E-state index in [9.17, 15) is 4.79 Å². The van der Waals surface area contributed by atoms with E-state index in [-0.39, 0.29) is 0 Å². The molecule has 0 aromatic rings. The highest BCUT2D eigenvalue weighted by Crippen LogP contribution is 1.65. The minimum atomic E-state index is 0.412. The second kappa shape index (κ2) is 2.45. The van der Waals surface area contributed by atoms with Crippen LogP contribution in [0.1, 0.15) is 0 Å². The normalized spacial score (nSPS) is 6.83. The fourth-order valence-electron chi connectivity index (χ4n) is 0.0589. The average Bonchev–Trinajstić information content (AvgIpc) is 1.65. The Hall–Kier alpha value is -0.790. The zero-order chi connectivity index (χ0) is 4.99. The van der Waals surface area contributed by atoms with Crippen LogP contribution in [0.3, 0.4) is 0 Å². The molecule has 0 spiro atoms. The number of likely N-dealkylation sites (N-methyl/N-ethyl adjacent to an activating group) is 1. The van der Waals surface area contributed by atoms with Gasteiger partial charge in [0.15, 0.2) is 6.29 Å². The van der Waals surface area contributed by atoms with E-state index in [2.05, 4.69) is 11.9 Å². The molecule has 34 valence electrons. The van der Waals surface area contributed by atoms with Gasteiger partial charge in [-0.05, 0) is 0 Å². The molecule has 2 nitrogen and oxygen atoms in total. The van der Waals surface area contributed by atoms with Crippen molar-refractivity contribution in [3.05, 3.63) is 12.3 Å². The predicted molar refractivity (Wildman–Crippen MR) is 24.3 cm³/mol. The molecule has 0 heterocycles. The summed E-state index contributed by atoms with van der Waals surface area (Å²) in [6.07, 6.45) is 0.667. The largest absolute Gasteiger partial charge is 0.386 e. The summed E-state index contributed by atoms with van der Waals surface area (Å²) in [4.78, 5) is 9.57. The summed E-state index contributed by atoms with van der Waals surface area (Å²) in [6.45, 7) is 3.31. The molecule has 6 heavy (non-hydrogen) atoms. The van der Waals surface area contributed by atoms with Gasteiger partial charge in [0.2, 0.25) is 0 Å². The van der Waals surface area contributed by atoms with E-state index >= 15 is 0 Å². The van der Waals surface area contributed by atoms with Gasteiger partial charge in [0.1, 0.15) is 0 Å². The Morgan fingerprint density at radius 2 is 2.50 bits per heavy atom. The van der Waals surface area contributed by atoms with Crippen molar-refractivity contribution >= 4 is 6.29 Å². The van der Waals surface area contributed by atoms with E-state index in [0.29, 0.717) is 12.0 Å². The average molecular weight is 85.1 g/mol. The van der Waals surface area contributed by atoms with Gasteiger partial charge >= 0.3 is 0 Å². The molecule has 0 saturated heterocycles. The molecule has 0 rings (SSSR count). The molecule has 0 bridgehead atoms. The molecule has 0 amide bonds. The topological polar surface area (TPSA) is 29.1 Å². The van der Waals surface area contributed by atoms with E-state index in [0.717, 1.165) is 0 Å². The number of aldehydes is 1. The molecular formula is C4H7NO. The summed E-state index contributed by atoms with van der Waals surface area (Å²) in [5.74, 6) is 0. The lowest BCUT2D eigenvalue weighted by molar-refractivity contribution is -0.105. The van der Waals surface area contributed by atoms with Gasteiger partial charge in [-0.3, -0.25) is 4.79 Å². The van der Waals surface area contributed by atoms with Crippen LogP contribution in [0.5, 0.6) is 0 Å². The van der Waals surface area contributed by atoms with Crippen LogP contribution in [0.15, 0.2) is 12.3 Å². The van der Waals surface area contributed by atoms with E-state index in [1.807, 2.05) is 0 Å². The lowest BCUT2D eigenvalue weighted by Gasteiger charge is -1.86. The Bertz CT molecular complexity index is 67.9. The molecule has 0 radical (unpaired) electrons. The lowest BCUT2D eigenvalue weighted by atomic mass is 10.6. The lowest BCUT2D eigenvalue weighted by Crippen LogP contribution is -2.03. The van der Waals surface area contributed by atoms with Crippen LogP contribution >= 0.6 is 0 Å². The van der Waals surface area contributed by atoms with Gasteiger partial charge in [-0.1, -0.05) is 6.58 Å². The molecule has 0 aliphatic carbocycles. The number of carbonyl (C=O) groups excluding carboxylic acids is 1. The molecule has 0 unspecified atom stereocenters. The van der Waals surface area contributed by atoms with Crippen LogP contribution in [0.25, 0.3) is 0 Å². The Morgan fingerprint density at radius 3 is 2.50 bits per heavy atom. The van der Waals surface area contributed by atoms with E-state index in [1.165, 1.54) is 0 Å². The predicted octanol–water partition coefficient (Wildman–Crippen LogP) is -0.0816. The maximum atomic E-state index is 9.57. The quantitative estimate of drug-likeness (QED) is 0.375. The van der Waals surface area contributed by atoms with Crippen LogP contribution in [0.4, 0.5) is 0 Å². The van der Waals surface area contributed by atoms with Crippen molar-refractivity contribution in [1.82, 2.24) is 5.32 Å². The molecule has 0 aromatic heterocycles. The number of carbonyl (C=O) groups is 1. The molecule has 0 atom stereocenters. The number of hydrogen-bond acceptors (Lipinski definition) is 2. The minimum absolute atomic E-state index is 0.412. The van der Waals surface area contributed by atoms with Crippen molar-refractivity contribution in [2.24, 2.45) is 0 Å². The van der Waals surface area contributed by atoms with Crippen molar-refractivity contribution in [1.29, 1.82) is 0 Å². The van der Waals surface area contributed by atoms with Gasteiger partial charge in [0.25, 0.3) is 0 Å². The summed E-state index contributed by atoms with van der Waals surface area (Å²) >= 11 is 0. The van der Waals surface area contributed by atoms with Crippen LogP contribution in [0.2, 0.25) is 0 Å². The number of rotatable bonds is 2. The second-order valence-electron chi connectivity index (χ2n) is 0.893. The first-order valence-electron chi connectivity index (χ1n) is 1.63. The zero-order valence-corrected chi connectivity index (χ0v) is 3.69. The summed E-state index contributed by atoms with van der Waals surface area (Å²) in [7, 11) is 1.65. The van der Waals surface area contributed by atoms with Gasteiger partial charge in [-0.25, -0.2) is 0 Å². The SMILES string of the molecule is C=C(C=O)NC. The molecule has 0 aliphatic rings. The van der Waals surface area contributed by atoms with Gasteiger partial charge in [0.05, 0.1) is 5.70 Å². The Morgan fingerprint density at radius 1 is 2.00 bits per heavy atom. The van der Waals surface area contributed by atoms with E-state index in [4.69, 9.17) is 0 Å².